The Balaban J connectivity index is 1.88. The molecule has 0 bridgehead atoms. The van der Waals surface area contributed by atoms with Crippen molar-refractivity contribution >= 4 is 27.3 Å². The van der Waals surface area contributed by atoms with E-state index in [0.29, 0.717) is 6.04 Å². The maximum Gasteiger partial charge on any atom is 0.0701 e. The smallest absolute Gasteiger partial charge is 0.0701 e. The molecule has 0 aromatic carbocycles. The predicted molar refractivity (Wildman–Crippen MR) is 55.3 cm³/mol. The number of halogens is 1. The molecule has 1 aromatic heterocycles. The topological polar surface area (TPSA) is 29.3 Å². The van der Waals surface area contributed by atoms with E-state index in [-0.39, 0.29) is 0 Å². The third-order valence-corrected chi connectivity index (χ3v) is 3.57. The lowest BCUT2D eigenvalue weighted by Crippen LogP contribution is -2.54. The van der Waals surface area contributed by atoms with Crippen LogP contribution in [0.4, 0.5) is 0 Å². The van der Waals surface area contributed by atoms with Gasteiger partial charge in [-0.25, -0.2) is 0 Å². The first-order valence-corrected chi connectivity index (χ1v) is 5.62. The number of nitrogens with zero attached hydrogens (tertiary/aromatic N) is 1. The Morgan fingerprint density at radius 2 is 2.42 bits per heavy atom. The van der Waals surface area contributed by atoms with Crippen LogP contribution in [0, 0.1) is 0 Å². The minimum Gasteiger partial charge on any atom is -0.325 e. The molecular formula is C8H11BrN2S. The number of thiophene rings is 1. The zero-order valence-corrected chi connectivity index (χ0v) is 9.07. The molecule has 0 spiro atoms. The molecule has 0 aliphatic carbocycles. The van der Waals surface area contributed by atoms with Crippen molar-refractivity contribution in [2.45, 2.75) is 12.6 Å². The van der Waals surface area contributed by atoms with E-state index in [0.717, 1.165) is 19.6 Å². The van der Waals surface area contributed by atoms with E-state index >= 15 is 0 Å². The summed E-state index contributed by atoms with van der Waals surface area (Å²) in [6, 6.07) is 2.58. The van der Waals surface area contributed by atoms with Gasteiger partial charge in [-0.15, -0.1) is 11.3 Å². The van der Waals surface area contributed by atoms with E-state index in [1.54, 1.807) is 11.3 Å². The van der Waals surface area contributed by atoms with Crippen molar-refractivity contribution in [2.75, 3.05) is 13.1 Å². The summed E-state index contributed by atoms with van der Waals surface area (Å²) in [6.45, 7) is 3.15. The van der Waals surface area contributed by atoms with Gasteiger partial charge in [0.1, 0.15) is 0 Å². The molecule has 12 heavy (non-hydrogen) atoms. The molecule has 2 nitrogen and oxygen atoms in total. The quantitative estimate of drug-likeness (QED) is 0.861. The molecule has 0 unspecified atom stereocenters. The van der Waals surface area contributed by atoms with Crippen LogP contribution in [0.2, 0.25) is 0 Å². The second-order valence-corrected chi connectivity index (χ2v) is 5.50. The highest BCUT2D eigenvalue weighted by Gasteiger charge is 2.22. The highest BCUT2D eigenvalue weighted by atomic mass is 79.9. The number of nitrogens with two attached hydrogens (primary N) is 1. The monoisotopic (exact) mass is 246 g/mol. The Labute approximate surface area is 84.5 Å². The third-order valence-electron chi connectivity index (χ3n) is 2.01. The van der Waals surface area contributed by atoms with Gasteiger partial charge >= 0.3 is 0 Å². The predicted octanol–water partition coefficient (Wildman–Crippen LogP) is 1.65. The van der Waals surface area contributed by atoms with Gasteiger partial charge in [-0.2, -0.15) is 0 Å². The van der Waals surface area contributed by atoms with Crippen LogP contribution in [0.5, 0.6) is 0 Å². The summed E-state index contributed by atoms with van der Waals surface area (Å²) in [5.41, 5.74) is 7.07. The first-order valence-electron chi connectivity index (χ1n) is 3.95. The summed E-state index contributed by atoms with van der Waals surface area (Å²) in [7, 11) is 0. The van der Waals surface area contributed by atoms with Crippen LogP contribution in [0.1, 0.15) is 5.56 Å². The lowest BCUT2D eigenvalue weighted by molar-refractivity contribution is 0.142. The maximum absolute atomic E-state index is 5.68. The minimum atomic E-state index is 0.409. The third kappa shape index (κ3) is 1.88. The Kier molecular flexibility index (Phi) is 2.50. The molecule has 1 saturated heterocycles. The van der Waals surface area contributed by atoms with Gasteiger partial charge in [0, 0.05) is 25.7 Å². The molecular weight excluding hydrogens is 236 g/mol. The summed E-state index contributed by atoms with van der Waals surface area (Å²) in [4.78, 5) is 2.36. The highest BCUT2D eigenvalue weighted by molar-refractivity contribution is 9.11. The van der Waals surface area contributed by atoms with Crippen molar-refractivity contribution < 1.29 is 0 Å². The minimum absolute atomic E-state index is 0.409. The van der Waals surface area contributed by atoms with Crippen molar-refractivity contribution in [2.24, 2.45) is 5.73 Å². The summed E-state index contributed by atoms with van der Waals surface area (Å²) in [5, 5.41) is 2.19. The molecule has 4 heteroatoms. The molecule has 2 heterocycles. The fraction of sp³-hybridized carbons (Fsp3) is 0.500. The van der Waals surface area contributed by atoms with Crippen LogP contribution in [0.25, 0.3) is 0 Å². The number of hydrogen-bond donors (Lipinski definition) is 1. The maximum atomic E-state index is 5.68. The van der Waals surface area contributed by atoms with Crippen molar-refractivity contribution in [1.82, 2.24) is 4.90 Å². The first kappa shape index (κ1) is 8.69. The van der Waals surface area contributed by atoms with Gasteiger partial charge in [0.2, 0.25) is 0 Å². The Hall–Kier alpha value is 0.100. The zero-order valence-electron chi connectivity index (χ0n) is 6.66. The fourth-order valence-corrected chi connectivity index (χ4v) is 2.63. The van der Waals surface area contributed by atoms with E-state index in [9.17, 15) is 0 Å². The van der Waals surface area contributed by atoms with Crippen LogP contribution in [-0.2, 0) is 6.54 Å². The number of likely N-dealkylation sites (tertiary alicyclic amines) is 1. The Bertz CT molecular complexity index is 268. The van der Waals surface area contributed by atoms with Crippen molar-refractivity contribution in [3.63, 3.8) is 0 Å². The average Bonchev–Trinajstić information content (AvgIpc) is 2.33. The van der Waals surface area contributed by atoms with Gasteiger partial charge in [0.25, 0.3) is 0 Å². The van der Waals surface area contributed by atoms with E-state index in [1.807, 2.05) is 0 Å². The number of rotatable bonds is 2. The van der Waals surface area contributed by atoms with Crippen LogP contribution in [-0.4, -0.2) is 24.0 Å². The lowest BCUT2D eigenvalue weighted by atomic mass is 10.1. The molecule has 0 atom stereocenters. The first-order chi connectivity index (χ1) is 5.74. The summed E-state index contributed by atoms with van der Waals surface area (Å²) >= 11 is 5.19. The highest BCUT2D eigenvalue weighted by Crippen LogP contribution is 2.22. The van der Waals surface area contributed by atoms with Crippen LogP contribution in [0.15, 0.2) is 15.2 Å². The molecule has 2 rings (SSSR count). The Morgan fingerprint density at radius 3 is 2.92 bits per heavy atom. The molecule has 66 valence electrons. The zero-order chi connectivity index (χ0) is 8.55. The largest absolute Gasteiger partial charge is 0.325 e. The second-order valence-electron chi connectivity index (χ2n) is 3.21. The van der Waals surface area contributed by atoms with Crippen molar-refractivity contribution in [1.29, 1.82) is 0 Å². The molecule has 1 fully saturated rings. The summed E-state index contributed by atoms with van der Waals surface area (Å²) < 4.78 is 1.21. The van der Waals surface area contributed by atoms with Gasteiger partial charge in [-0.1, -0.05) is 0 Å². The van der Waals surface area contributed by atoms with Crippen LogP contribution < -0.4 is 5.73 Å². The van der Waals surface area contributed by atoms with E-state index < -0.39 is 0 Å². The fourth-order valence-electron chi connectivity index (χ4n) is 1.43. The van der Waals surface area contributed by atoms with Gasteiger partial charge in [0.05, 0.1) is 3.79 Å². The number of hydrogen-bond acceptors (Lipinski definition) is 3. The van der Waals surface area contributed by atoms with Gasteiger partial charge in [-0.05, 0) is 32.9 Å². The van der Waals surface area contributed by atoms with Crippen LogP contribution in [0.3, 0.4) is 0 Å². The normalized spacial score (nSPS) is 19.5. The van der Waals surface area contributed by atoms with Gasteiger partial charge in [0.15, 0.2) is 0 Å². The molecule has 1 aromatic rings. The standard InChI is InChI=1S/C8H11BrN2S/c9-8-1-6(5-12-8)2-11-3-7(10)4-11/h1,5,7H,2-4,10H2. The van der Waals surface area contributed by atoms with Crippen molar-refractivity contribution in [3.05, 3.63) is 20.8 Å². The van der Waals surface area contributed by atoms with E-state index in [2.05, 4.69) is 32.3 Å². The Morgan fingerprint density at radius 1 is 1.67 bits per heavy atom. The average molecular weight is 247 g/mol. The van der Waals surface area contributed by atoms with Crippen LogP contribution >= 0.6 is 27.3 Å². The van der Waals surface area contributed by atoms with E-state index in [1.165, 1.54) is 9.35 Å². The molecule has 0 amide bonds. The van der Waals surface area contributed by atoms with E-state index in [4.69, 9.17) is 5.73 Å². The van der Waals surface area contributed by atoms with Crippen molar-refractivity contribution in [3.8, 4) is 0 Å². The second kappa shape index (κ2) is 3.46. The molecule has 0 radical (unpaired) electrons. The lowest BCUT2D eigenvalue weighted by Gasteiger charge is -2.36. The molecule has 1 aliphatic rings. The summed E-state index contributed by atoms with van der Waals surface area (Å²) in [6.07, 6.45) is 0. The summed E-state index contributed by atoms with van der Waals surface area (Å²) in [5.74, 6) is 0. The van der Waals surface area contributed by atoms with Gasteiger partial charge < -0.3 is 5.73 Å². The molecule has 2 N–H and O–H groups in total. The molecule has 1 aliphatic heterocycles. The molecule has 0 saturated carbocycles. The van der Waals surface area contributed by atoms with Gasteiger partial charge in [-0.3, -0.25) is 4.90 Å². The SMILES string of the molecule is NC1CN(Cc2csc(Br)c2)C1.